The number of rotatable bonds is 9. The predicted octanol–water partition coefficient (Wildman–Crippen LogP) is 4.87. The molecule has 0 fully saturated rings. The first-order chi connectivity index (χ1) is 16.5. The van der Waals surface area contributed by atoms with Crippen LogP contribution in [-0.4, -0.2) is 43.2 Å². The van der Waals surface area contributed by atoms with Crippen molar-refractivity contribution in [1.29, 1.82) is 5.41 Å². The molecule has 1 heterocycles. The van der Waals surface area contributed by atoms with Crippen LogP contribution in [0.3, 0.4) is 0 Å². The van der Waals surface area contributed by atoms with Gasteiger partial charge in [-0.15, -0.1) is 10.2 Å². The second-order valence-corrected chi connectivity index (χ2v) is 10.3. The van der Waals surface area contributed by atoms with Gasteiger partial charge in [-0.25, -0.2) is 13.2 Å². The fourth-order valence-corrected chi connectivity index (χ4v) is 4.04. The SMILES string of the molecule is CCOC(=O)C(=N)/C(Cl)=C(\Nc1ccccc1C(C)C)c1nnc(-c2cccc(S(C)(=O)=O)c2)o1. The summed E-state index contributed by atoms with van der Waals surface area (Å²) in [5.41, 5.74) is 1.46. The molecule has 0 aliphatic carbocycles. The summed E-state index contributed by atoms with van der Waals surface area (Å²) in [6.07, 6.45) is 1.10. The zero-order chi connectivity index (χ0) is 25.8. The summed E-state index contributed by atoms with van der Waals surface area (Å²) < 4.78 is 34.6. The number of para-hydroxylation sites is 1. The van der Waals surface area contributed by atoms with E-state index in [1.807, 2.05) is 38.1 Å². The van der Waals surface area contributed by atoms with Crippen molar-refractivity contribution in [1.82, 2.24) is 10.2 Å². The number of sulfone groups is 1. The van der Waals surface area contributed by atoms with E-state index >= 15 is 0 Å². The molecule has 0 aliphatic heterocycles. The van der Waals surface area contributed by atoms with E-state index in [0.717, 1.165) is 11.8 Å². The van der Waals surface area contributed by atoms with Gasteiger partial charge in [0.25, 0.3) is 5.89 Å². The second-order valence-electron chi connectivity index (χ2n) is 7.86. The number of esters is 1. The fourth-order valence-electron chi connectivity index (χ4n) is 3.17. The number of nitrogens with zero attached hydrogens (tertiary/aromatic N) is 2. The quantitative estimate of drug-likeness (QED) is 0.304. The molecule has 1 aromatic heterocycles. The second kappa shape index (κ2) is 10.8. The number of benzene rings is 2. The third-order valence-corrected chi connectivity index (χ3v) is 6.40. The third kappa shape index (κ3) is 6.14. The van der Waals surface area contributed by atoms with E-state index in [4.69, 9.17) is 26.2 Å². The topological polar surface area (TPSA) is 135 Å². The molecular weight excluding hydrogens is 492 g/mol. The highest BCUT2D eigenvalue weighted by Crippen LogP contribution is 2.31. The first-order valence-corrected chi connectivity index (χ1v) is 13.0. The summed E-state index contributed by atoms with van der Waals surface area (Å²) in [5.74, 6) is -0.814. The molecule has 0 aliphatic rings. The number of nitrogens with one attached hydrogen (secondary N) is 2. The van der Waals surface area contributed by atoms with Gasteiger partial charge in [0.1, 0.15) is 10.7 Å². The van der Waals surface area contributed by atoms with Gasteiger partial charge in [-0.2, -0.15) is 0 Å². The Kier molecular flexibility index (Phi) is 8.08. The Morgan fingerprint density at radius 2 is 1.89 bits per heavy atom. The minimum absolute atomic E-state index is 0.0362. The molecule has 2 aromatic carbocycles. The van der Waals surface area contributed by atoms with Crippen LogP contribution in [0.25, 0.3) is 17.2 Å². The standard InChI is InChI=1S/C24H25ClN4O5S/c1-5-33-24(30)20(26)19(25)21(27-18-12-7-6-11-17(18)14(2)3)23-29-28-22(34-23)15-9-8-10-16(13-15)35(4,31)32/h6-14,26-27H,5H2,1-4H3/b21-19+,26-20?. The molecule has 0 saturated carbocycles. The third-order valence-electron chi connectivity index (χ3n) is 4.91. The van der Waals surface area contributed by atoms with E-state index in [0.29, 0.717) is 11.3 Å². The predicted molar refractivity (Wildman–Crippen MR) is 134 cm³/mol. The maximum Gasteiger partial charge on any atom is 0.357 e. The highest BCUT2D eigenvalue weighted by Gasteiger charge is 2.25. The number of aromatic nitrogens is 2. The van der Waals surface area contributed by atoms with Crippen LogP contribution < -0.4 is 5.32 Å². The number of halogens is 1. The smallest absolute Gasteiger partial charge is 0.357 e. The molecule has 11 heteroatoms. The van der Waals surface area contributed by atoms with Gasteiger partial charge >= 0.3 is 5.97 Å². The molecule has 0 atom stereocenters. The van der Waals surface area contributed by atoms with Gasteiger partial charge < -0.3 is 14.5 Å². The molecule has 2 N–H and O–H groups in total. The fraction of sp³-hybridized carbons (Fsp3) is 0.250. The minimum atomic E-state index is -3.45. The van der Waals surface area contributed by atoms with Crippen LogP contribution in [0.5, 0.6) is 0 Å². The molecular formula is C24H25ClN4O5S. The largest absolute Gasteiger partial charge is 0.461 e. The average Bonchev–Trinajstić information content (AvgIpc) is 3.31. The number of carbonyl (C=O) groups excluding carboxylic acids is 1. The first-order valence-electron chi connectivity index (χ1n) is 10.7. The molecule has 35 heavy (non-hydrogen) atoms. The van der Waals surface area contributed by atoms with Crippen LogP contribution >= 0.6 is 11.6 Å². The number of anilines is 1. The Morgan fingerprint density at radius 3 is 2.54 bits per heavy atom. The first kappa shape index (κ1) is 26.1. The molecule has 0 amide bonds. The zero-order valence-electron chi connectivity index (χ0n) is 19.6. The van der Waals surface area contributed by atoms with Gasteiger partial charge in [0, 0.05) is 17.5 Å². The number of ether oxygens (including phenoxy) is 1. The van der Waals surface area contributed by atoms with Crippen molar-refractivity contribution < 1.29 is 22.4 Å². The van der Waals surface area contributed by atoms with Crippen molar-refractivity contribution >= 4 is 44.5 Å². The van der Waals surface area contributed by atoms with Crippen LogP contribution in [0.15, 0.2) is 62.9 Å². The van der Waals surface area contributed by atoms with Gasteiger partial charge in [0.2, 0.25) is 5.89 Å². The Balaban J connectivity index is 2.11. The van der Waals surface area contributed by atoms with Crippen molar-refractivity contribution in [2.75, 3.05) is 18.2 Å². The van der Waals surface area contributed by atoms with Crippen molar-refractivity contribution in [3.05, 3.63) is 65.0 Å². The number of hydrogen-bond acceptors (Lipinski definition) is 9. The zero-order valence-corrected chi connectivity index (χ0v) is 21.2. The van der Waals surface area contributed by atoms with Crippen molar-refractivity contribution in [3.63, 3.8) is 0 Å². The Hall–Kier alpha value is -3.50. The molecule has 0 saturated heterocycles. The van der Waals surface area contributed by atoms with Gasteiger partial charge in [-0.1, -0.05) is 49.7 Å². The Bertz CT molecular complexity index is 1400. The van der Waals surface area contributed by atoms with Gasteiger partial charge in [-0.3, -0.25) is 5.41 Å². The molecule has 0 spiro atoms. The molecule has 184 valence electrons. The van der Waals surface area contributed by atoms with Crippen LogP contribution in [0.1, 0.15) is 38.1 Å². The molecule has 3 aromatic rings. The van der Waals surface area contributed by atoms with E-state index in [9.17, 15) is 13.2 Å². The van der Waals surface area contributed by atoms with E-state index in [1.54, 1.807) is 19.1 Å². The van der Waals surface area contributed by atoms with E-state index in [1.165, 1.54) is 12.1 Å². The minimum Gasteiger partial charge on any atom is -0.461 e. The lowest BCUT2D eigenvalue weighted by atomic mass is 10.0. The maximum atomic E-state index is 12.2. The van der Waals surface area contributed by atoms with Crippen LogP contribution in [0.2, 0.25) is 0 Å². The molecule has 3 rings (SSSR count). The van der Waals surface area contributed by atoms with Crippen LogP contribution in [0.4, 0.5) is 5.69 Å². The number of carbonyl (C=O) groups is 1. The lowest BCUT2D eigenvalue weighted by Gasteiger charge is -2.16. The maximum absolute atomic E-state index is 12.2. The molecule has 0 unspecified atom stereocenters. The summed E-state index contributed by atoms with van der Waals surface area (Å²) in [4.78, 5) is 12.3. The molecule has 0 radical (unpaired) electrons. The van der Waals surface area contributed by atoms with Crippen LogP contribution in [-0.2, 0) is 19.4 Å². The summed E-state index contributed by atoms with van der Waals surface area (Å²) in [5, 5.41) is 19.1. The lowest BCUT2D eigenvalue weighted by Crippen LogP contribution is -2.19. The Labute approximate surface area is 208 Å². The van der Waals surface area contributed by atoms with Gasteiger partial charge in [-0.05, 0) is 42.7 Å². The Morgan fingerprint density at radius 1 is 1.17 bits per heavy atom. The summed E-state index contributed by atoms with van der Waals surface area (Å²) in [6, 6.07) is 13.5. The van der Waals surface area contributed by atoms with Gasteiger partial charge in [0.15, 0.2) is 15.5 Å². The van der Waals surface area contributed by atoms with Crippen molar-refractivity contribution in [2.45, 2.75) is 31.6 Å². The van der Waals surface area contributed by atoms with Crippen LogP contribution in [0, 0.1) is 5.41 Å². The summed E-state index contributed by atoms with van der Waals surface area (Å²) in [6.45, 7) is 5.74. The van der Waals surface area contributed by atoms with E-state index < -0.39 is 21.5 Å². The van der Waals surface area contributed by atoms with Crippen molar-refractivity contribution in [3.8, 4) is 11.5 Å². The normalized spacial score (nSPS) is 12.3. The van der Waals surface area contributed by atoms with E-state index in [-0.39, 0.29) is 39.9 Å². The highest BCUT2D eigenvalue weighted by atomic mass is 35.5. The van der Waals surface area contributed by atoms with Gasteiger partial charge in [0.05, 0.1) is 11.5 Å². The summed E-state index contributed by atoms with van der Waals surface area (Å²) in [7, 11) is -3.45. The van der Waals surface area contributed by atoms with E-state index in [2.05, 4.69) is 15.5 Å². The molecule has 9 nitrogen and oxygen atoms in total. The molecule has 0 bridgehead atoms. The van der Waals surface area contributed by atoms with Crippen molar-refractivity contribution in [2.24, 2.45) is 0 Å². The summed E-state index contributed by atoms with van der Waals surface area (Å²) >= 11 is 6.47. The number of hydrogen-bond donors (Lipinski definition) is 2. The lowest BCUT2D eigenvalue weighted by molar-refractivity contribution is -0.135. The highest BCUT2D eigenvalue weighted by molar-refractivity contribution is 7.90. The average molecular weight is 517 g/mol. The monoisotopic (exact) mass is 516 g/mol.